The second-order valence-corrected chi connectivity index (χ2v) is 4.88. The third-order valence-corrected chi connectivity index (χ3v) is 3.17. The number of carbonyl (C=O) groups is 1. The van der Waals surface area contributed by atoms with Crippen LogP contribution in [0.4, 0.5) is 5.69 Å². The lowest BCUT2D eigenvalue weighted by molar-refractivity contribution is -0.109. The van der Waals surface area contributed by atoms with Crippen molar-refractivity contribution in [1.29, 1.82) is 0 Å². The van der Waals surface area contributed by atoms with Gasteiger partial charge < -0.3 is 20.7 Å². The number of pyridine rings is 1. The van der Waals surface area contributed by atoms with Crippen LogP contribution in [0.1, 0.15) is 18.6 Å². The summed E-state index contributed by atoms with van der Waals surface area (Å²) in [5.41, 5.74) is 6.31. The fourth-order valence-electron chi connectivity index (χ4n) is 1.33. The number of aliphatic hydroxyl groups excluding tert-OH is 2. The molecule has 7 heteroatoms. The van der Waals surface area contributed by atoms with E-state index in [0.29, 0.717) is 5.56 Å². The Bertz CT molecular complexity index is 428. The quantitative estimate of drug-likeness (QED) is 0.710. The number of thioether (sulfide) groups is 1. The molecule has 1 heterocycles. The van der Waals surface area contributed by atoms with E-state index in [0.717, 1.165) is 11.8 Å². The van der Waals surface area contributed by atoms with Gasteiger partial charge in [0.2, 0.25) is 5.88 Å². The highest BCUT2D eigenvalue weighted by atomic mass is 32.2. The molecular formula is C11H16N2O4S. The number of nitrogen functional groups attached to an aromatic ring is 1. The van der Waals surface area contributed by atoms with Gasteiger partial charge in [-0.05, 0) is 6.07 Å². The van der Waals surface area contributed by atoms with Crippen LogP contribution >= 0.6 is 11.8 Å². The Morgan fingerprint density at radius 1 is 1.61 bits per heavy atom. The van der Waals surface area contributed by atoms with E-state index in [-0.39, 0.29) is 22.4 Å². The number of aliphatic hydroxyl groups is 2. The fraction of sp³-hybridized carbons (Fsp3) is 0.455. The van der Waals surface area contributed by atoms with Crippen LogP contribution in [0.15, 0.2) is 12.3 Å². The van der Waals surface area contributed by atoms with Crippen LogP contribution in [0.5, 0.6) is 5.88 Å². The first-order chi connectivity index (χ1) is 8.45. The average molecular weight is 272 g/mol. The van der Waals surface area contributed by atoms with Gasteiger partial charge >= 0.3 is 0 Å². The van der Waals surface area contributed by atoms with Gasteiger partial charge in [-0.25, -0.2) is 4.98 Å². The molecule has 0 aliphatic heterocycles. The first-order valence-electron chi connectivity index (χ1n) is 5.24. The van der Waals surface area contributed by atoms with Gasteiger partial charge in [-0.3, -0.25) is 4.79 Å². The van der Waals surface area contributed by atoms with E-state index in [4.69, 9.17) is 10.5 Å². The summed E-state index contributed by atoms with van der Waals surface area (Å²) in [6.07, 6.45) is -0.826. The highest BCUT2D eigenvalue weighted by molar-refractivity contribution is 8.13. The molecule has 0 saturated carbocycles. The second kappa shape index (κ2) is 6.58. The number of nitrogens with two attached hydrogens (primary N) is 1. The Morgan fingerprint density at radius 3 is 2.78 bits per heavy atom. The molecule has 0 spiro atoms. The topological polar surface area (TPSA) is 106 Å². The van der Waals surface area contributed by atoms with Crippen LogP contribution < -0.4 is 10.5 Å². The summed E-state index contributed by atoms with van der Waals surface area (Å²) >= 11 is 0.949. The average Bonchev–Trinajstić information content (AvgIpc) is 2.34. The van der Waals surface area contributed by atoms with Crippen LogP contribution in [0.3, 0.4) is 0 Å². The third kappa shape index (κ3) is 3.86. The van der Waals surface area contributed by atoms with Crippen LogP contribution in [0.2, 0.25) is 0 Å². The summed E-state index contributed by atoms with van der Waals surface area (Å²) in [7, 11) is 1.44. The number of ether oxygens (including phenoxy) is 1. The molecule has 0 bridgehead atoms. The summed E-state index contributed by atoms with van der Waals surface area (Å²) in [5.74, 6) is 0.376. The molecule has 6 nitrogen and oxygen atoms in total. The van der Waals surface area contributed by atoms with Crippen molar-refractivity contribution in [2.24, 2.45) is 0 Å². The van der Waals surface area contributed by atoms with Gasteiger partial charge in [0.25, 0.3) is 0 Å². The Morgan fingerprint density at radius 2 is 2.28 bits per heavy atom. The van der Waals surface area contributed by atoms with E-state index >= 15 is 0 Å². The van der Waals surface area contributed by atoms with Crippen molar-refractivity contribution < 1.29 is 19.7 Å². The molecule has 0 fully saturated rings. The Balaban J connectivity index is 2.74. The van der Waals surface area contributed by atoms with Gasteiger partial charge in [0.1, 0.15) is 6.10 Å². The highest BCUT2D eigenvalue weighted by Crippen LogP contribution is 2.25. The van der Waals surface area contributed by atoms with Gasteiger partial charge in [-0.15, -0.1) is 0 Å². The van der Waals surface area contributed by atoms with Gasteiger partial charge in [0.15, 0.2) is 5.12 Å². The molecule has 0 radical (unpaired) electrons. The number of nitrogens with zero attached hydrogens (tertiary/aromatic N) is 1. The molecule has 1 aromatic rings. The molecule has 4 N–H and O–H groups in total. The van der Waals surface area contributed by atoms with Crippen LogP contribution in [-0.4, -0.2) is 39.3 Å². The van der Waals surface area contributed by atoms with E-state index in [1.165, 1.54) is 26.3 Å². The van der Waals surface area contributed by atoms with Crippen LogP contribution in [0, 0.1) is 0 Å². The minimum Gasteiger partial charge on any atom is -0.480 e. The largest absolute Gasteiger partial charge is 0.480 e. The van der Waals surface area contributed by atoms with E-state index in [1.807, 2.05) is 0 Å². The minimum atomic E-state index is -1.14. The number of methoxy groups -OCH3 is 1. The SMILES string of the molecule is COc1ncc(C(O)C(O)CSC(C)=O)cc1N. The summed E-state index contributed by atoms with van der Waals surface area (Å²) in [6, 6.07) is 1.48. The second-order valence-electron chi connectivity index (χ2n) is 3.68. The Hall–Kier alpha value is -1.31. The molecule has 0 saturated heterocycles. The smallest absolute Gasteiger partial charge is 0.236 e. The van der Waals surface area contributed by atoms with Gasteiger partial charge in [-0.1, -0.05) is 11.8 Å². The van der Waals surface area contributed by atoms with Gasteiger partial charge in [-0.2, -0.15) is 0 Å². The Labute approximate surface area is 109 Å². The maximum atomic E-state index is 10.8. The summed E-state index contributed by atoms with van der Waals surface area (Å²) in [6.45, 7) is 1.40. The maximum absolute atomic E-state index is 10.8. The van der Waals surface area contributed by atoms with E-state index in [9.17, 15) is 15.0 Å². The lowest BCUT2D eigenvalue weighted by Gasteiger charge is -2.17. The van der Waals surface area contributed by atoms with Crippen molar-refractivity contribution in [2.45, 2.75) is 19.1 Å². The predicted octanol–water partition coefficient (Wildman–Crippen LogP) is 0.346. The van der Waals surface area contributed by atoms with Crippen molar-refractivity contribution in [3.8, 4) is 5.88 Å². The fourth-order valence-corrected chi connectivity index (χ4v) is 1.92. The highest BCUT2D eigenvalue weighted by Gasteiger charge is 2.20. The first-order valence-corrected chi connectivity index (χ1v) is 6.23. The van der Waals surface area contributed by atoms with E-state index < -0.39 is 12.2 Å². The molecule has 0 aromatic carbocycles. The van der Waals surface area contributed by atoms with Crippen molar-refractivity contribution in [2.75, 3.05) is 18.6 Å². The van der Waals surface area contributed by atoms with Crippen molar-refractivity contribution in [1.82, 2.24) is 4.98 Å². The zero-order valence-corrected chi connectivity index (χ0v) is 11.0. The normalized spacial score (nSPS) is 14.0. The molecule has 100 valence electrons. The van der Waals surface area contributed by atoms with Crippen molar-refractivity contribution in [3.63, 3.8) is 0 Å². The standard InChI is InChI=1S/C11H16N2O4S/c1-6(14)18-5-9(15)10(16)7-3-8(12)11(17-2)13-4-7/h3-4,9-10,15-16H,5,12H2,1-2H3. The van der Waals surface area contributed by atoms with Gasteiger partial charge in [0, 0.05) is 24.4 Å². The van der Waals surface area contributed by atoms with E-state index in [2.05, 4.69) is 4.98 Å². The molecule has 2 unspecified atom stereocenters. The summed E-state index contributed by atoms with van der Waals surface area (Å²) in [5, 5.41) is 19.5. The van der Waals surface area contributed by atoms with Gasteiger partial charge in [0.05, 0.1) is 18.9 Å². The number of hydrogen-bond donors (Lipinski definition) is 3. The van der Waals surface area contributed by atoms with E-state index in [1.54, 1.807) is 0 Å². The molecule has 18 heavy (non-hydrogen) atoms. The predicted molar refractivity (Wildman–Crippen MR) is 69.3 cm³/mol. The van der Waals surface area contributed by atoms with Crippen molar-refractivity contribution >= 4 is 22.6 Å². The number of hydrogen-bond acceptors (Lipinski definition) is 7. The summed E-state index contributed by atoms with van der Waals surface area (Å²) < 4.78 is 4.89. The Kier molecular flexibility index (Phi) is 5.39. The number of aromatic nitrogens is 1. The van der Waals surface area contributed by atoms with Crippen LogP contribution in [-0.2, 0) is 4.79 Å². The lowest BCUT2D eigenvalue weighted by atomic mass is 10.1. The molecule has 0 amide bonds. The first kappa shape index (κ1) is 14.7. The number of anilines is 1. The molecule has 0 aliphatic carbocycles. The summed E-state index contributed by atoms with van der Waals surface area (Å²) in [4.78, 5) is 14.7. The zero-order chi connectivity index (χ0) is 13.7. The van der Waals surface area contributed by atoms with Crippen molar-refractivity contribution in [3.05, 3.63) is 17.8 Å². The molecule has 0 aliphatic rings. The zero-order valence-electron chi connectivity index (χ0n) is 10.2. The molecule has 2 atom stereocenters. The molecule has 1 rings (SSSR count). The monoisotopic (exact) mass is 272 g/mol. The number of rotatable bonds is 5. The minimum absolute atomic E-state index is 0.114. The lowest BCUT2D eigenvalue weighted by Crippen LogP contribution is -2.21. The van der Waals surface area contributed by atoms with Crippen LogP contribution in [0.25, 0.3) is 0 Å². The molecule has 1 aromatic heterocycles. The number of carbonyl (C=O) groups excluding carboxylic acids is 1. The third-order valence-electron chi connectivity index (χ3n) is 2.26. The maximum Gasteiger partial charge on any atom is 0.236 e. The molecular weight excluding hydrogens is 256 g/mol.